The van der Waals surface area contributed by atoms with Gasteiger partial charge in [-0.1, -0.05) is 30.3 Å². The Hall–Kier alpha value is -2.03. The van der Waals surface area contributed by atoms with Gasteiger partial charge in [-0.25, -0.2) is 20.8 Å². The lowest BCUT2D eigenvalue weighted by Gasteiger charge is -2.09. The Bertz CT molecular complexity index is 1120. The third-order valence-corrected chi connectivity index (χ3v) is 6.53. The molecule has 0 aliphatic heterocycles. The highest BCUT2D eigenvalue weighted by Crippen LogP contribution is 2.35. The Morgan fingerprint density at radius 2 is 1.62 bits per heavy atom. The van der Waals surface area contributed by atoms with Crippen molar-refractivity contribution in [1.29, 1.82) is 0 Å². The molecule has 1 aromatic heterocycles. The van der Waals surface area contributed by atoms with Gasteiger partial charge in [-0.05, 0) is 18.2 Å². The van der Waals surface area contributed by atoms with Gasteiger partial charge in [0.25, 0.3) is 19.1 Å². The first kappa shape index (κ1) is 16.8. The zero-order chi connectivity index (χ0) is 17.5. The van der Waals surface area contributed by atoms with Crippen LogP contribution in [0.25, 0.3) is 10.9 Å². The maximum atomic E-state index is 12.9. The van der Waals surface area contributed by atoms with Gasteiger partial charge in [-0.15, -0.1) is 0 Å². The van der Waals surface area contributed by atoms with Crippen molar-refractivity contribution < 1.29 is 21.6 Å². The maximum absolute atomic E-state index is 12.9. The molecule has 0 atom stereocenters. The van der Waals surface area contributed by atoms with Gasteiger partial charge in [-0.2, -0.15) is 0 Å². The molecule has 6 nitrogen and oxygen atoms in total. The predicted molar refractivity (Wildman–Crippen MR) is 90.6 cm³/mol. The number of hydrogen-bond acceptors (Lipinski definition) is 5. The summed E-state index contributed by atoms with van der Waals surface area (Å²) in [5, 5.41) is 0.170. The standard InChI is InChI=1S/C15H12ClNO5S2/c1-22-13-9-5-8-12-14(23(16,18)19)10-17(15(12)13)24(20,21)11-6-3-2-4-7-11/h2-10H,1H3. The average Bonchev–Trinajstić information content (AvgIpc) is 2.96. The summed E-state index contributed by atoms with van der Waals surface area (Å²) >= 11 is 0. The SMILES string of the molecule is COc1cccc2c(S(=O)(=O)Cl)cn(S(=O)(=O)c3ccccc3)c12. The summed E-state index contributed by atoms with van der Waals surface area (Å²) in [6, 6.07) is 12.3. The summed E-state index contributed by atoms with van der Waals surface area (Å²) in [7, 11) is -1.33. The first-order valence-electron chi connectivity index (χ1n) is 6.70. The van der Waals surface area contributed by atoms with Crippen molar-refractivity contribution in [3.05, 3.63) is 54.7 Å². The molecule has 3 aromatic rings. The van der Waals surface area contributed by atoms with E-state index < -0.39 is 19.1 Å². The molecule has 3 rings (SSSR count). The molecule has 0 spiro atoms. The zero-order valence-electron chi connectivity index (χ0n) is 12.4. The van der Waals surface area contributed by atoms with Crippen LogP contribution in [0.1, 0.15) is 0 Å². The van der Waals surface area contributed by atoms with Gasteiger partial charge in [-0.3, -0.25) is 0 Å². The number of rotatable bonds is 4. The molecule has 0 N–H and O–H groups in total. The second-order valence-electron chi connectivity index (χ2n) is 4.90. The van der Waals surface area contributed by atoms with E-state index in [-0.39, 0.29) is 26.4 Å². The highest BCUT2D eigenvalue weighted by atomic mass is 35.7. The maximum Gasteiger partial charge on any atom is 0.268 e. The fourth-order valence-electron chi connectivity index (χ4n) is 2.44. The molecule has 2 aromatic carbocycles. The van der Waals surface area contributed by atoms with Gasteiger partial charge in [0, 0.05) is 22.3 Å². The van der Waals surface area contributed by atoms with Crippen LogP contribution in [0.4, 0.5) is 0 Å². The summed E-state index contributed by atoms with van der Waals surface area (Å²) in [5.41, 5.74) is 0.114. The fraction of sp³-hybridized carbons (Fsp3) is 0.0667. The largest absolute Gasteiger partial charge is 0.495 e. The van der Waals surface area contributed by atoms with Gasteiger partial charge in [0.15, 0.2) is 0 Å². The molecule has 24 heavy (non-hydrogen) atoms. The van der Waals surface area contributed by atoms with Crippen molar-refractivity contribution in [2.45, 2.75) is 9.79 Å². The summed E-state index contributed by atoms with van der Waals surface area (Å²) in [6.07, 6.45) is 0.998. The zero-order valence-corrected chi connectivity index (χ0v) is 14.8. The molecular weight excluding hydrogens is 374 g/mol. The van der Waals surface area contributed by atoms with Crippen LogP contribution in [0.3, 0.4) is 0 Å². The van der Waals surface area contributed by atoms with E-state index >= 15 is 0 Å². The molecule has 126 valence electrons. The van der Waals surface area contributed by atoms with Crippen LogP contribution in [0, 0.1) is 0 Å². The Morgan fingerprint density at radius 3 is 2.21 bits per heavy atom. The Balaban J connectivity index is 2.46. The van der Waals surface area contributed by atoms with Gasteiger partial charge in [0.1, 0.15) is 16.2 Å². The lowest BCUT2D eigenvalue weighted by atomic mass is 10.2. The van der Waals surface area contributed by atoms with E-state index in [1.165, 1.54) is 25.3 Å². The van der Waals surface area contributed by atoms with Gasteiger partial charge in [0.05, 0.1) is 12.0 Å². The second-order valence-corrected chi connectivity index (χ2v) is 9.25. The molecule has 1 heterocycles. The summed E-state index contributed by atoms with van der Waals surface area (Å²) in [5.74, 6) is 0.221. The van der Waals surface area contributed by atoms with E-state index in [4.69, 9.17) is 15.4 Å². The molecule has 0 saturated heterocycles. The lowest BCUT2D eigenvalue weighted by Crippen LogP contribution is -2.12. The van der Waals surface area contributed by atoms with Crippen LogP contribution in [0.15, 0.2) is 64.5 Å². The van der Waals surface area contributed by atoms with Crippen LogP contribution in [0.2, 0.25) is 0 Å². The number of benzene rings is 2. The van der Waals surface area contributed by atoms with Crippen molar-refractivity contribution in [2.75, 3.05) is 7.11 Å². The normalized spacial score (nSPS) is 12.4. The number of ether oxygens (including phenoxy) is 1. The molecule has 9 heteroatoms. The third kappa shape index (κ3) is 2.66. The topological polar surface area (TPSA) is 82.4 Å². The Labute approximate surface area is 143 Å². The van der Waals surface area contributed by atoms with E-state index in [9.17, 15) is 16.8 Å². The molecular formula is C15H12ClNO5S2. The molecule has 0 saturated carbocycles. The quantitative estimate of drug-likeness (QED) is 0.645. The summed E-state index contributed by atoms with van der Waals surface area (Å²) in [6.45, 7) is 0. The van der Waals surface area contributed by atoms with Crippen molar-refractivity contribution in [3.8, 4) is 5.75 Å². The number of methoxy groups -OCH3 is 1. The molecule has 0 unspecified atom stereocenters. The first-order valence-corrected chi connectivity index (χ1v) is 10.4. The molecule has 0 fully saturated rings. The average molecular weight is 386 g/mol. The third-order valence-electron chi connectivity index (χ3n) is 3.50. The number of fused-ring (bicyclic) bond motifs is 1. The number of halogens is 1. The van der Waals surface area contributed by atoms with E-state index in [1.807, 2.05) is 0 Å². The monoisotopic (exact) mass is 385 g/mol. The number of nitrogens with zero attached hydrogens (tertiary/aromatic N) is 1. The van der Waals surface area contributed by atoms with Crippen LogP contribution in [-0.2, 0) is 19.1 Å². The van der Waals surface area contributed by atoms with Crippen LogP contribution < -0.4 is 4.74 Å². The summed E-state index contributed by atoms with van der Waals surface area (Å²) in [4.78, 5) is -0.274. The van der Waals surface area contributed by atoms with E-state index in [0.717, 1.165) is 10.2 Å². The van der Waals surface area contributed by atoms with Crippen LogP contribution in [-0.4, -0.2) is 27.9 Å². The van der Waals surface area contributed by atoms with E-state index in [0.29, 0.717) is 0 Å². The van der Waals surface area contributed by atoms with Crippen molar-refractivity contribution in [3.63, 3.8) is 0 Å². The van der Waals surface area contributed by atoms with E-state index in [2.05, 4.69) is 0 Å². The molecule has 0 amide bonds. The van der Waals surface area contributed by atoms with Crippen molar-refractivity contribution >= 4 is 40.7 Å². The minimum atomic E-state index is -4.14. The van der Waals surface area contributed by atoms with Crippen LogP contribution >= 0.6 is 10.7 Å². The molecule has 0 aliphatic rings. The van der Waals surface area contributed by atoms with Crippen LogP contribution in [0.5, 0.6) is 5.75 Å². The van der Waals surface area contributed by atoms with Gasteiger partial charge in [0.2, 0.25) is 0 Å². The van der Waals surface area contributed by atoms with Crippen molar-refractivity contribution in [1.82, 2.24) is 3.97 Å². The predicted octanol–water partition coefficient (Wildman–Crippen LogP) is 2.81. The Kier molecular flexibility index (Phi) is 4.06. The molecule has 0 aliphatic carbocycles. The fourth-order valence-corrected chi connectivity index (χ4v) is 4.94. The highest BCUT2D eigenvalue weighted by molar-refractivity contribution is 8.14. The Morgan fingerprint density at radius 1 is 0.958 bits per heavy atom. The smallest absolute Gasteiger partial charge is 0.268 e. The second kappa shape index (κ2) is 5.80. The molecule has 0 bridgehead atoms. The minimum absolute atomic E-state index is 0.0197. The number of para-hydroxylation sites is 1. The minimum Gasteiger partial charge on any atom is -0.495 e. The summed E-state index contributed by atoms with van der Waals surface area (Å²) < 4.78 is 55.6. The first-order chi connectivity index (χ1) is 11.3. The van der Waals surface area contributed by atoms with Gasteiger partial charge < -0.3 is 4.74 Å². The highest BCUT2D eigenvalue weighted by Gasteiger charge is 2.27. The van der Waals surface area contributed by atoms with Gasteiger partial charge >= 0.3 is 0 Å². The number of aromatic nitrogens is 1. The van der Waals surface area contributed by atoms with E-state index in [1.54, 1.807) is 30.3 Å². The number of hydrogen-bond donors (Lipinski definition) is 0. The van der Waals surface area contributed by atoms with Crippen molar-refractivity contribution in [2.24, 2.45) is 0 Å². The molecule has 0 radical (unpaired) electrons. The lowest BCUT2D eigenvalue weighted by molar-refractivity contribution is 0.418.